The number of anilines is 1. The summed E-state index contributed by atoms with van der Waals surface area (Å²) in [6.07, 6.45) is 2.50. The molecule has 4 aromatic rings. The van der Waals surface area contributed by atoms with Crippen LogP contribution in [0.25, 0.3) is 32.8 Å². The zero-order valence-corrected chi connectivity index (χ0v) is 23.7. The van der Waals surface area contributed by atoms with Crippen LogP contribution in [0.15, 0.2) is 42.5 Å². The van der Waals surface area contributed by atoms with E-state index in [-0.39, 0.29) is 47.4 Å². The predicted octanol–water partition coefficient (Wildman–Crippen LogP) is 6.00. The molecule has 0 spiro atoms. The molecule has 11 heteroatoms. The average Bonchev–Trinajstić information content (AvgIpc) is 3.49. The van der Waals surface area contributed by atoms with E-state index in [4.69, 9.17) is 21.3 Å². The standard InChI is InChI=1S/C31H31ClF3N5O2/c32-25-14-24-28(27(33)26(25)23-13-21(41)12-18-4-1-2-5-22(18)23)37-30(42-11-3-9-39-10-8-31(34,35)17-39)38-29(24)40-15-19-6-7-20(16-40)36-19/h1-2,4-5,12-14,19-20,36,41H,3,6-11,15-17H2. The maximum Gasteiger partial charge on any atom is 0.319 e. The highest BCUT2D eigenvalue weighted by Crippen LogP contribution is 2.43. The lowest BCUT2D eigenvalue weighted by molar-refractivity contribution is 0.0118. The van der Waals surface area contributed by atoms with E-state index in [0.717, 1.165) is 23.6 Å². The number of benzene rings is 3. The summed E-state index contributed by atoms with van der Waals surface area (Å²) in [5, 5.41) is 16.2. The zero-order chi connectivity index (χ0) is 29.0. The molecule has 3 aromatic carbocycles. The van der Waals surface area contributed by atoms with Gasteiger partial charge in [-0.05, 0) is 53.8 Å². The van der Waals surface area contributed by atoms with Gasteiger partial charge in [0.25, 0.3) is 5.92 Å². The molecule has 0 saturated carbocycles. The maximum atomic E-state index is 16.6. The molecule has 0 aliphatic carbocycles. The van der Waals surface area contributed by atoms with Crippen LogP contribution < -0.4 is 15.0 Å². The van der Waals surface area contributed by atoms with Crippen molar-refractivity contribution in [2.45, 2.75) is 43.7 Å². The Kier molecular flexibility index (Phi) is 7.03. The highest BCUT2D eigenvalue weighted by molar-refractivity contribution is 6.35. The number of phenols is 1. The van der Waals surface area contributed by atoms with E-state index >= 15 is 4.39 Å². The van der Waals surface area contributed by atoms with Crippen molar-refractivity contribution >= 4 is 39.1 Å². The van der Waals surface area contributed by atoms with Crippen LogP contribution in [0, 0.1) is 5.82 Å². The SMILES string of the molecule is Oc1cc(-c2c(Cl)cc3c(N4CC5CCC(C4)N5)nc(OCCCN4CCC(F)(F)C4)nc3c2F)c2ccccc2c1. The van der Waals surface area contributed by atoms with Gasteiger partial charge in [-0.25, -0.2) is 13.2 Å². The second-order valence-electron chi connectivity index (χ2n) is 11.6. The molecule has 1 aromatic heterocycles. The van der Waals surface area contributed by atoms with E-state index in [9.17, 15) is 13.9 Å². The minimum absolute atomic E-state index is 0.00119. The minimum atomic E-state index is -2.64. The quantitative estimate of drug-likeness (QED) is 0.253. The molecule has 0 amide bonds. The van der Waals surface area contributed by atoms with Crippen molar-refractivity contribution in [2.75, 3.05) is 44.2 Å². The number of alkyl halides is 2. The van der Waals surface area contributed by atoms with E-state index in [1.165, 1.54) is 6.07 Å². The van der Waals surface area contributed by atoms with Gasteiger partial charge >= 0.3 is 6.01 Å². The molecular weight excluding hydrogens is 567 g/mol. The number of hydrogen-bond donors (Lipinski definition) is 2. The summed E-state index contributed by atoms with van der Waals surface area (Å²) in [5.74, 6) is -2.71. The number of ether oxygens (including phenoxy) is 1. The summed E-state index contributed by atoms with van der Waals surface area (Å²) in [4.78, 5) is 13.1. The lowest BCUT2D eigenvalue weighted by atomic mass is 9.96. The van der Waals surface area contributed by atoms with Crippen LogP contribution in [0.5, 0.6) is 11.8 Å². The molecule has 2 bridgehead atoms. The number of nitrogens with one attached hydrogen (secondary N) is 1. The first-order chi connectivity index (χ1) is 20.2. The van der Waals surface area contributed by atoms with Gasteiger partial charge in [-0.1, -0.05) is 35.9 Å². The Bertz CT molecular complexity index is 1660. The van der Waals surface area contributed by atoms with E-state index in [1.54, 1.807) is 17.0 Å². The lowest BCUT2D eigenvalue weighted by Crippen LogP contribution is -2.51. The van der Waals surface area contributed by atoms with Gasteiger partial charge in [-0.2, -0.15) is 9.97 Å². The fourth-order valence-electron chi connectivity index (χ4n) is 6.63. The molecule has 3 aliphatic heterocycles. The molecule has 220 valence electrons. The molecule has 2 atom stereocenters. The number of rotatable bonds is 7. The van der Waals surface area contributed by atoms with Crippen LogP contribution in [-0.4, -0.2) is 77.3 Å². The van der Waals surface area contributed by atoms with E-state index in [1.807, 2.05) is 24.3 Å². The van der Waals surface area contributed by atoms with Crippen molar-refractivity contribution in [1.82, 2.24) is 20.2 Å². The Morgan fingerprint density at radius 2 is 1.86 bits per heavy atom. The van der Waals surface area contributed by atoms with Crippen molar-refractivity contribution in [3.8, 4) is 22.9 Å². The number of likely N-dealkylation sites (tertiary alicyclic amines) is 1. The maximum absolute atomic E-state index is 16.6. The van der Waals surface area contributed by atoms with Crippen molar-refractivity contribution in [1.29, 1.82) is 0 Å². The number of aromatic hydroxyl groups is 1. The van der Waals surface area contributed by atoms with Gasteiger partial charge in [-0.15, -0.1) is 0 Å². The predicted molar refractivity (Wildman–Crippen MR) is 157 cm³/mol. The average molecular weight is 598 g/mol. The molecule has 7 nitrogen and oxygen atoms in total. The topological polar surface area (TPSA) is 73.8 Å². The van der Waals surface area contributed by atoms with Crippen LogP contribution in [0.1, 0.15) is 25.7 Å². The van der Waals surface area contributed by atoms with Crippen molar-refractivity contribution < 1.29 is 23.0 Å². The smallest absolute Gasteiger partial charge is 0.319 e. The highest BCUT2D eigenvalue weighted by atomic mass is 35.5. The van der Waals surface area contributed by atoms with Gasteiger partial charge < -0.3 is 20.1 Å². The fraction of sp³-hybridized carbons (Fsp3) is 0.419. The summed E-state index contributed by atoms with van der Waals surface area (Å²) in [6.45, 7) is 2.21. The number of hydrogen-bond acceptors (Lipinski definition) is 7. The monoisotopic (exact) mass is 597 g/mol. The van der Waals surface area contributed by atoms with Gasteiger partial charge in [0.05, 0.1) is 18.2 Å². The number of halogens is 4. The second-order valence-corrected chi connectivity index (χ2v) is 12.0. The number of aromatic nitrogens is 2. The van der Waals surface area contributed by atoms with E-state index in [2.05, 4.69) is 15.2 Å². The van der Waals surface area contributed by atoms with Crippen LogP contribution in [0.2, 0.25) is 5.02 Å². The molecule has 7 rings (SSSR count). The summed E-state index contributed by atoms with van der Waals surface area (Å²) in [7, 11) is 0. The number of fused-ring (bicyclic) bond motifs is 4. The van der Waals surface area contributed by atoms with E-state index < -0.39 is 11.7 Å². The third-order valence-electron chi connectivity index (χ3n) is 8.57. The number of nitrogens with zero attached hydrogens (tertiary/aromatic N) is 4. The normalized spacial score (nSPS) is 22.0. The zero-order valence-electron chi connectivity index (χ0n) is 22.9. The van der Waals surface area contributed by atoms with Gasteiger partial charge in [0.1, 0.15) is 17.1 Å². The van der Waals surface area contributed by atoms with Gasteiger partial charge in [-0.3, -0.25) is 4.90 Å². The largest absolute Gasteiger partial charge is 0.508 e. The van der Waals surface area contributed by atoms with Crippen LogP contribution in [0.4, 0.5) is 19.0 Å². The molecule has 0 radical (unpaired) electrons. The first-order valence-electron chi connectivity index (χ1n) is 14.4. The summed E-state index contributed by atoms with van der Waals surface area (Å²) in [6, 6.07) is 12.9. The minimum Gasteiger partial charge on any atom is -0.508 e. The fourth-order valence-corrected chi connectivity index (χ4v) is 6.93. The third kappa shape index (κ3) is 5.20. The molecule has 3 fully saturated rings. The number of piperazine rings is 1. The van der Waals surface area contributed by atoms with Crippen LogP contribution in [-0.2, 0) is 0 Å². The Morgan fingerprint density at radius 1 is 1.07 bits per heavy atom. The first kappa shape index (κ1) is 27.5. The van der Waals surface area contributed by atoms with E-state index in [0.29, 0.717) is 61.5 Å². The van der Waals surface area contributed by atoms with Gasteiger partial charge in [0.2, 0.25) is 0 Å². The summed E-state index contributed by atoms with van der Waals surface area (Å²) < 4.78 is 49.7. The summed E-state index contributed by atoms with van der Waals surface area (Å²) >= 11 is 6.80. The van der Waals surface area contributed by atoms with Crippen molar-refractivity contribution in [2.24, 2.45) is 0 Å². The Hall–Kier alpha value is -3.34. The molecule has 4 heterocycles. The molecule has 42 heavy (non-hydrogen) atoms. The molecule has 2 N–H and O–H groups in total. The Labute approximate surface area is 246 Å². The third-order valence-corrected chi connectivity index (χ3v) is 8.87. The Morgan fingerprint density at radius 3 is 2.62 bits per heavy atom. The first-order valence-corrected chi connectivity index (χ1v) is 14.8. The Balaban J connectivity index is 1.27. The van der Waals surface area contributed by atoms with Crippen molar-refractivity contribution in [3.63, 3.8) is 0 Å². The molecular formula is C31H31ClF3N5O2. The second kappa shape index (κ2) is 10.7. The van der Waals surface area contributed by atoms with Gasteiger partial charge in [0.15, 0.2) is 5.82 Å². The highest BCUT2D eigenvalue weighted by Gasteiger charge is 2.38. The number of phenolic OH excluding ortho intramolecular Hbond substituents is 1. The van der Waals surface area contributed by atoms with Crippen LogP contribution >= 0.6 is 11.6 Å². The van der Waals surface area contributed by atoms with Crippen molar-refractivity contribution in [3.05, 3.63) is 53.3 Å². The lowest BCUT2D eigenvalue weighted by Gasteiger charge is -2.34. The molecule has 3 saturated heterocycles. The molecule has 2 unspecified atom stereocenters. The van der Waals surface area contributed by atoms with Crippen LogP contribution in [0.3, 0.4) is 0 Å². The summed E-state index contributed by atoms with van der Waals surface area (Å²) in [5.41, 5.74) is 0.675. The molecule has 3 aliphatic rings. The van der Waals surface area contributed by atoms with Gasteiger partial charge in [0, 0.05) is 55.6 Å².